The van der Waals surface area contributed by atoms with E-state index in [0.717, 1.165) is 27.3 Å². The average molecular weight is 453 g/mol. The van der Waals surface area contributed by atoms with Crippen LogP contribution in [0.15, 0.2) is 52.9 Å². The molecule has 4 aromatic rings. The summed E-state index contributed by atoms with van der Waals surface area (Å²) >= 11 is 2.71. The summed E-state index contributed by atoms with van der Waals surface area (Å²) < 4.78 is 10.7. The Morgan fingerprint density at radius 2 is 1.84 bits per heavy atom. The van der Waals surface area contributed by atoms with Gasteiger partial charge >= 0.3 is 0 Å². The summed E-state index contributed by atoms with van der Waals surface area (Å²) in [4.78, 5) is 26.2. The van der Waals surface area contributed by atoms with E-state index in [0.29, 0.717) is 22.3 Å². The van der Waals surface area contributed by atoms with Crippen LogP contribution in [0.1, 0.15) is 5.69 Å². The van der Waals surface area contributed by atoms with Gasteiger partial charge in [0.1, 0.15) is 16.5 Å². The van der Waals surface area contributed by atoms with E-state index in [1.54, 1.807) is 14.2 Å². The van der Waals surface area contributed by atoms with Gasteiger partial charge in [-0.2, -0.15) is 0 Å². The monoisotopic (exact) mass is 452 g/mol. The van der Waals surface area contributed by atoms with E-state index in [-0.39, 0.29) is 11.7 Å². The molecule has 2 aromatic heterocycles. The second kappa shape index (κ2) is 9.32. The summed E-state index contributed by atoms with van der Waals surface area (Å²) in [6, 6.07) is 13.2. The zero-order valence-corrected chi connectivity index (χ0v) is 18.8. The van der Waals surface area contributed by atoms with E-state index in [1.165, 1.54) is 23.1 Å². The van der Waals surface area contributed by atoms with Crippen molar-refractivity contribution in [2.75, 3.05) is 25.3 Å². The standard InChI is InChI=1S/C22H20N4O3S2/c1-13-21(24-17-7-5-4-6-16(17)23-13)30-12-20(27)26-22-25-18(11-31-22)15-10-14(28-2)8-9-19(15)29-3/h4-11H,12H2,1-3H3,(H,25,26,27). The summed E-state index contributed by atoms with van der Waals surface area (Å²) in [6.45, 7) is 1.90. The molecule has 0 aliphatic heterocycles. The molecule has 4 rings (SSSR count). The summed E-state index contributed by atoms with van der Waals surface area (Å²) in [7, 11) is 3.22. The number of fused-ring (bicyclic) bond motifs is 1. The first-order chi connectivity index (χ1) is 15.1. The van der Waals surface area contributed by atoms with Crippen molar-refractivity contribution in [2.24, 2.45) is 0 Å². The van der Waals surface area contributed by atoms with Crippen molar-refractivity contribution >= 4 is 45.2 Å². The molecule has 0 saturated carbocycles. The van der Waals surface area contributed by atoms with Crippen LogP contribution in [0, 0.1) is 6.92 Å². The van der Waals surface area contributed by atoms with Crippen LogP contribution in [-0.2, 0) is 4.79 Å². The first-order valence-corrected chi connectivity index (χ1v) is 11.3. The number of para-hydroxylation sites is 2. The maximum absolute atomic E-state index is 12.5. The highest BCUT2D eigenvalue weighted by molar-refractivity contribution is 8.00. The number of carbonyl (C=O) groups is 1. The lowest BCUT2D eigenvalue weighted by Crippen LogP contribution is -2.14. The van der Waals surface area contributed by atoms with Gasteiger partial charge in [-0.15, -0.1) is 11.3 Å². The Hall–Kier alpha value is -3.17. The van der Waals surface area contributed by atoms with E-state index >= 15 is 0 Å². The minimum Gasteiger partial charge on any atom is -0.497 e. The average Bonchev–Trinajstić information content (AvgIpc) is 3.25. The number of aromatic nitrogens is 3. The minimum atomic E-state index is -0.155. The molecule has 1 amide bonds. The van der Waals surface area contributed by atoms with Crippen LogP contribution in [0.4, 0.5) is 5.13 Å². The molecule has 0 atom stereocenters. The molecule has 0 spiro atoms. The van der Waals surface area contributed by atoms with Crippen molar-refractivity contribution in [3.8, 4) is 22.8 Å². The Morgan fingerprint density at radius 1 is 1.06 bits per heavy atom. The van der Waals surface area contributed by atoms with Crippen LogP contribution in [-0.4, -0.2) is 40.8 Å². The number of amides is 1. The predicted octanol–water partition coefficient (Wildman–Crippen LogP) is 4.81. The number of carbonyl (C=O) groups excluding carboxylic acids is 1. The number of nitrogens with zero attached hydrogens (tertiary/aromatic N) is 3. The highest BCUT2D eigenvalue weighted by Crippen LogP contribution is 2.35. The Balaban J connectivity index is 1.44. The molecule has 1 N–H and O–H groups in total. The number of thiazole rings is 1. The first-order valence-electron chi connectivity index (χ1n) is 9.41. The van der Waals surface area contributed by atoms with Crippen molar-refractivity contribution in [1.29, 1.82) is 0 Å². The number of anilines is 1. The van der Waals surface area contributed by atoms with Gasteiger partial charge in [0.15, 0.2) is 5.13 Å². The second-order valence-corrected chi connectivity index (χ2v) is 8.37. The third-order valence-corrected chi connectivity index (χ3v) is 6.30. The third kappa shape index (κ3) is 4.78. The Morgan fingerprint density at radius 3 is 2.58 bits per heavy atom. The largest absolute Gasteiger partial charge is 0.497 e. The molecule has 2 heterocycles. The minimum absolute atomic E-state index is 0.155. The van der Waals surface area contributed by atoms with Gasteiger partial charge in [0, 0.05) is 10.9 Å². The fourth-order valence-corrected chi connectivity index (χ4v) is 4.45. The highest BCUT2D eigenvalue weighted by Gasteiger charge is 2.14. The maximum atomic E-state index is 12.5. The van der Waals surface area contributed by atoms with Crippen LogP contribution in [0.2, 0.25) is 0 Å². The molecule has 2 aromatic carbocycles. The van der Waals surface area contributed by atoms with Crippen molar-refractivity contribution in [1.82, 2.24) is 15.0 Å². The molecule has 7 nitrogen and oxygen atoms in total. The molecule has 0 radical (unpaired) electrons. The van der Waals surface area contributed by atoms with Gasteiger partial charge in [0.25, 0.3) is 0 Å². The van der Waals surface area contributed by atoms with Crippen LogP contribution in [0.3, 0.4) is 0 Å². The number of hydrogen-bond acceptors (Lipinski definition) is 8. The summed E-state index contributed by atoms with van der Waals surface area (Å²) in [5.74, 6) is 1.45. The van der Waals surface area contributed by atoms with E-state index < -0.39 is 0 Å². The number of benzene rings is 2. The van der Waals surface area contributed by atoms with Gasteiger partial charge in [0.05, 0.1) is 42.4 Å². The van der Waals surface area contributed by atoms with E-state index in [9.17, 15) is 4.79 Å². The van der Waals surface area contributed by atoms with Gasteiger partial charge in [-0.05, 0) is 37.3 Å². The van der Waals surface area contributed by atoms with Gasteiger partial charge in [-0.1, -0.05) is 23.9 Å². The molecule has 0 aliphatic rings. The van der Waals surface area contributed by atoms with Crippen LogP contribution >= 0.6 is 23.1 Å². The molecular weight excluding hydrogens is 432 g/mol. The lowest BCUT2D eigenvalue weighted by atomic mass is 10.1. The van der Waals surface area contributed by atoms with Gasteiger partial charge in [-0.25, -0.2) is 15.0 Å². The van der Waals surface area contributed by atoms with E-state index in [4.69, 9.17) is 9.47 Å². The molecule has 9 heteroatoms. The fraction of sp³-hybridized carbons (Fsp3) is 0.182. The highest BCUT2D eigenvalue weighted by atomic mass is 32.2. The van der Waals surface area contributed by atoms with Crippen LogP contribution < -0.4 is 14.8 Å². The number of methoxy groups -OCH3 is 2. The fourth-order valence-electron chi connectivity index (χ4n) is 2.97. The zero-order valence-electron chi connectivity index (χ0n) is 17.2. The maximum Gasteiger partial charge on any atom is 0.236 e. The number of aryl methyl sites for hydroxylation is 1. The van der Waals surface area contributed by atoms with Crippen molar-refractivity contribution < 1.29 is 14.3 Å². The molecule has 0 saturated heterocycles. The topological polar surface area (TPSA) is 86.2 Å². The summed E-state index contributed by atoms with van der Waals surface area (Å²) in [5, 5.41) is 5.99. The lowest BCUT2D eigenvalue weighted by molar-refractivity contribution is -0.113. The molecular formula is C22H20N4O3S2. The Kier molecular flexibility index (Phi) is 6.34. The van der Waals surface area contributed by atoms with Crippen molar-refractivity contribution in [3.05, 3.63) is 53.5 Å². The second-order valence-electron chi connectivity index (χ2n) is 6.54. The first kappa shape index (κ1) is 21.1. The summed E-state index contributed by atoms with van der Waals surface area (Å²) in [6.07, 6.45) is 0. The SMILES string of the molecule is COc1ccc(OC)c(-c2csc(NC(=O)CSc3nc4ccccc4nc3C)n2)c1. The number of nitrogens with one attached hydrogen (secondary N) is 1. The van der Waals surface area contributed by atoms with Crippen molar-refractivity contribution in [2.45, 2.75) is 11.9 Å². The van der Waals surface area contributed by atoms with Crippen molar-refractivity contribution in [3.63, 3.8) is 0 Å². The molecule has 0 unspecified atom stereocenters. The van der Waals surface area contributed by atoms with E-state index in [2.05, 4.69) is 20.3 Å². The van der Waals surface area contributed by atoms with E-state index in [1.807, 2.05) is 54.8 Å². The Labute approximate surface area is 187 Å². The normalized spacial score (nSPS) is 10.8. The quantitative estimate of drug-likeness (QED) is 0.403. The molecule has 0 bridgehead atoms. The lowest BCUT2D eigenvalue weighted by Gasteiger charge is -2.08. The van der Waals surface area contributed by atoms with Gasteiger partial charge in [0.2, 0.25) is 5.91 Å². The molecule has 158 valence electrons. The number of hydrogen-bond donors (Lipinski definition) is 1. The smallest absolute Gasteiger partial charge is 0.236 e. The number of thioether (sulfide) groups is 1. The molecule has 0 fully saturated rings. The zero-order chi connectivity index (χ0) is 21.8. The predicted molar refractivity (Wildman–Crippen MR) is 124 cm³/mol. The number of rotatable bonds is 7. The van der Waals surface area contributed by atoms with Gasteiger partial charge < -0.3 is 14.8 Å². The van der Waals surface area contributed by atoms with Gasteiger partial charge in [-0.3, -0.25) is 4.79 Å². The number of ether oxygens (including phenoxy) is 2. The molecule has 0 aliphatic carbocycles. The Bertz CT molecular complexity index is 1240. The van der Waals surface area contributed by atoms with Crippen LogP contribution in [0.25, 0.3) is 22.3 Å². The summed E-state index contributed by atoms with van der Waals surface area (Å²) in [5.41, 5.74) is 3.97. The van der Waals surface area contributed by atoms with Crippen LogP contribution in [0.5, 0.6) is 11.5 Å². The third-order valence-electron chi connectivity index (χ3n) is 4.47. The molecule has 31 heavy (non-hydrogen) atoms.